The summed E-state index contributed by atoms with van der Waals surface area (Å²) in [6, 6.07) is 0. The van der Waals surface area contributed by atoms with Gasteiger partial charge in [-0.2, -0.15) is 0 Å². The SMILES string of the molecule is CC(C)CCCC(C)C1CCC2[C@@H](C(=O)O)C([C@@]3(C)CCC=CC3=O)CC[C@]12C. The highest BCUT2D eigenvalue weighted by atomic mass is 16.4. The Bertz CT molecular complexity index is 650. The average Bonchev–Trinajstić information content (AvgIpc) is 2.99. The Morgan fingerprint density at radius 1 is 1.10 bits per heavy atom. The van der Waals surface area contributed by atoms with Gasteiger partial charge in [0.15, 0.2) is 5.78 Å². The third-order valence-corrected chi connectivity index (χ3v) is 9.24. The number of fused-ring (bicyclic) bond motifs is 1. The van der Waals surface area contributed by atoms with Crippen LogP contribution in [-0.4, -0.2) is 16.9 Å². The number of carboxylic acid groups (broad SMARTS) is 1. The molecule has 0 aromatic rings. The second-order valence-electron chi connectivity index (χ2n) is 11.3. The molecule has 0 spiro atoms. The molecule has 29 heavy (non-hydrogen) atoms. The molecule has 3 heteroatoms. The minimum Gasteiger partial charge on any atom is -0.481 e. The summed E-state index contributed by atoms with van der Waals surface area (Å²) in [7, 11) is 0. The first-order chi connectivity index (χ1) is 13.6. The van der Waals surface area contributed by atoms with Crippen LogP contribution in [0.1, 0.15) is 92.4 Å². The van der Waals surface area contributed by atoms with E-state index in [1.54, 1.807) is 6.08 Å². The summed E-state index contributed by atoms with van der Waals surface area (Å²) in [5, 5.41) is 10.3. The Balaban J connectivity index is 1.80. The summed E-state index contributed by atoms with van der Waals surface area (Å²) < 4.78 is 0. The third kappa shape index (κ3) is 4.08. The van der Waals surface area contributed by atoms with Crippen LogP contribution in [0.2, 0.25) is 0 Å². The Hall–Kier alpha value is -1.12. The molecule has 3 aliphatic rings. The van der Waals surface area contributed by atoms with Crippen LogP contribution < -0.4 is 0 Å². The fourth-order valence-corrected chi connectivity index (χ4v) is 7.48. The first kappa shape index (κ1) is 22.6. The zero-order chi connectivity index (χ0) is 21.4. The molecule has 3 aliphatic carbocycles. The molecule has 0 heterocycles. The zero-order valence-corrected chi connectivity index (χ0v) is 19.2. The maximum absolute atomic E-state index is 12.8. The Labute approximate surface area is 177 Å². The van der Waals surface area contributed by atoms with Crippen LogP contribution >= 0.6 is 0 Å². The molecule has 0 saturated heterocycles. The van der Waals surface area contributed by atoms with Crippen LogP contribution in [0.3, 0.4) is 0 Å². The van der Waals surface area contributed by atoms with Crippen molar-refractivity contribution in [3.8, 4) is 0 Å². The van der Waals surface area contributed by atoms with Crippen LogP contribution in [-0.2, 0) is 9.59 Å². The highest BCUT2D eigenvalue weighted by molar-refractivity contribution is 5.96. The average molecular weight is 403 g/mol. The van der Waals surface area contributed by atoms with Gasteiger partial charge in [0.1, 0.15) is 0 Å². The van der Waals surface area contributed by atoms with Gasteiger partial charge in [0.2, 0.25) is 0 Å². The molecule has 2 saturated carbocycles. The van der Waals surface area contributed by atoms with Gasteiger partial charge in [-0.15, -0.1) is 0 Å². The third-order valence-electron chi connectivity index (χ3n) is 9.24. The molecule has 0 aliphatic heterocycles. The molecule has 0 aromatic heterocycles. The van der Waals surface area contributed by atoms with Crippen molar-refractivity contribution in [3.63, 3.8) is 0 Å². The van der Waals surface area contributed by atoms with Gasteiger partial charge in [-0.1, -0.05) is 60.0 Å². The number of carbonyl (C=O) groups is 2. The van der Waals surface area contributed by atoms with Crippen molar-refractivity contribution in [2.45, 2.75) is 92.4 Å². The Morgan fingerprint density at radius 2 is 1.83 bits per heavy atom. The first-order valence-corrected chi connectivity index (χ1v) is 12.0. The predicted molar refractivity (Wildman–Crippen MR) is 118 cm³/mol. The van der Waals surface area contributed by atoms with Crippen molar-refractivity contribution in [1.29, 1.82) is 0 Å². The standard InChI is InChI=1S/C26H42O3/c1-17(2)9-8-10-18(3)19-12-13-20-23(24(28)29)21(14-16-25(19,20)4)26(5)15-7-6-11-22(26)27/h6,11,17-21,23H,7-10,12-16H2,1-5H3,(H,28,29)/t18?,19?,20?,21?,23-,25-,26-/m1/s1. The molecule has 1 N–H and O–H groups in total. The lowest BCUT2D eigenvalue weighted by molar-refractivity contribution is -0.159. The Morgan fingerprint density at radius 3 is 2.45 bits per heavy atom. The van der Waals surface area contributed by atoms with E-state index in [-0.39, 0.29) is 29.0 Å². The quantitative estimate of drug-likeness (QED) is 0.527. The van der Waals surface area contributed by atoms with E-state index in [1.807, 2.05) is 13.0 Å². The van der Waals surface area contributed by atoms with Gasteiger partial charge in [0.25, 0.3) is 0 Å². The van der Waals surface area contributed by atoms with E-state index in [1.165, 1.54) is 19.3 Å². The van der Waals surface area contributed by atoms with Crippen molar-refractivity contribution in [3.05, 3.63) is 12.2 Å². The molecule has 4 unspecified atom stereocenters. The van der Waals surface area contributed by atoms with Crippen molar-refractivity contribution >= 4 is 11.8 Å². The van der Waals surface area contributed by atoms with Gasteiger partial charge in [-0.05, 0) is 79.6 Å². The second-order valence-corrected chi connectivity index (χ2v) is 11.3. The lowest BCUT2D eigenvalue weighted by Crippen LogP contribution is -2.52. The maximum atomic E-state index is 12.8. The largest absolute Gasteiger partial charge is 0.481 e. The van der Waals surface area contributed by atoms with Gasteiger partial charge in [-0.25, -0.2) is 0 Å². The summed E-state index contributed by atoms with van der Waals surface area (Å²) in [6.07, 6.45) is 13.3. The molecule has 7 atom stereocenters. The van der Waals surface area contributed by atoms with Gasteiger partial charge >= 0.3 is 5.97 Å². The summed E-state index contributed by atoms with van der Waals surface area (Å²) in [5.74, 6) is 1.34. The normalized spacial score (nSPS) is 40.8. The summed E-state index contributed by atoms with van der Waals surface area (Å²) in [5.41, 5.74) is -0.388. The minimum atomic E-state index is -0.664. The van der Waals surface area contributed by atoms with Gasteiger partial charge in [0, 0.05) is 5.41 Å². The fraction of sp³-hybridized carbons (Fsp3) is 0.846. The van der Waals surface area contributed by atoms with Crippen LogP contribution in [0.25, 0.3) is 0 Å². The molecular formula is C26H42O3. The highest BCUT2D eigenvalue weighted by Gasteiger charge is 2.60. The number of rotatable bonds is 7. The molecular weight excluding hydrogens is 360 g/mol. The Kier molecular flexibility index (Phi) is 6.65. The van der Waals surface area contributed by atoms with E-state index in [2.05, 4.69) is 27.7 Å². The molecule has 0 amide bonds. The van der Waals surface area contributed by atoms with Crippen LogP contribution in [0, 0.1) is 46.3 Å². The number of carboxylic acids is 1. The van der Waals surface area contributed by atoms with Crippen LogP contribution in [0.4, 0.5) is 0 Å². The van der Waals surface area contributed by atoms with Crippen molar-refractivity contribution in [2.24, 2.45) is 46.3 Å². The molecule has 2 fully saturated rings. The van der Waals surface area contributed by atoms with Gasteiger partial charge in [0.05, 0.1) is 5.92 Å². The molecule has 164 valence electrons. The minimum absolute atomic E-state index is 0.0227. The summed E-state index contributed by atoms with van der Waals surface area (Å²) >= 11 is 0. The first-order valence-electron chi connectivity index (χ1n) is 12.0. The maximum Gasteiger partial charge on any atom is 0.307 e. The second kappa shape index (κ2) is 8.55. The van der Waals surface area contributed by atoms with E-state index in [4.69, 9.17) is 0 Å². The van der Waals surface area contributed by atoms with Crippen molar-refractivity contribution < 1.29 is 14.7 Å². The smallest absolute Gasteiger partial charge is 0.307 e. The topological polar surface area (TPSA) is 54.4 Å². The van der Waals surface area contributed by atoms with Crippen LogP contribution in [0.15, 0.2) is 12.2 Å². The fourth-order valence-electron chi connectivity index (χ4n) is 7.48. The highest BCUT2D eigenvalue weighted by Crippen LogP contribution is 2.64. The summed E-state index contributed by atoms with van der Waals surface area (Å²) in [4.78, 5) is 25.4. The molecule has 0 bridgehead atoms. The molecule has 3 nitrogen and oxygen atoms in total. The van der Waals surface area contributed by atoms with Gasteiger partial charge in [-0.3, -0.25) is 9.59 Å². The van der Waals surface area contributed by atoms with Crippen LogP contribution in [0.5, 0.6) is 0 Å². The van der Waals surface area contributed by atoms with Crippen molar-refractivity contribution in [1.82, 2.24) is 0 Å². The summed E-state index contributed by atoms with van der Waals surface area (Å²) in [6.45, 7) is 11.4. The van der Waals surface area contributed by atoms with E-state index in [9.17, 15) is 14.7 Å². The number of hydrogen-bond donors (Lipinski definition) is 1. The number of hydrogen-bond acceptors (Lipinski definition) is 2. The number of carbonyl (C=O) groups excluding carboxylic acids is 1. The molecule has 0 aromatic carbocycles. The number of aliphatic carboxylic acids is 1. The number of ketones is 1. The van der Waals surface area contributed by atoms with E-state index >= 15 is 0 Å². The van der Waals surface area contributed by atoms with Gasteiger partial charge < -0.3 is 5.11 Å². The van der Waals surface area contributed by atoms with E-state index in [0.29, 0.717) is 11.8 Å². The zero-order valence-electron chi connectivity index (χ0n) is 19.2. The lowest BCUT2D eigenvalue weighted by atomic mass is 9.50. The molecule has 3 rings (SSSR count). The van der Waals surface area contributed by atoms with Crippen molar-refractivity contribution in [2.75, 3.05) is 0 Å². The van der Waals surface area contributed by atoms with E-state index in [0.717, 1.165) is 44.4 Å². The van der Waals surface area contributed by atoms with E-state index < -0.39 is 11.4 Å². The predicted octanol–water partition coefficient (Wildman–Crippen LogP) is 6.52. The number of allylic oxidation sites excluding steroid dienone is 2. The lowest BCUT2D eigenvalue weighted by Gasteiger charge is -2.52. The molecule has 0 radical (unpaired) electrons. The monoisotopic (exact) mass is 402 g/mol.